The van der Waals surface area contributed by atoms with Gasteiger partial charge in [0.1, 0.15) is 5.75 Å². The molecule has 0 bridgehead atoms. The van der Waals surface area contributed by atoms with E-state index < -0.39 is 0 Å². The van der Waals surface area contributed by atoms with Crippen LogP contribution in [0, 0.1) is 0 Å². The zero-order valence-corrected chi connectivity index (χ0v) is 15.5. The van der Waals surface area contributed by atoms with Gasteiger partial charge in [-0.1, -0.05) is 19.1 Å². The molecule has 0 radical (unpaired) electrons. The number of hydrogen-bond acceptors (Lipinski definition) is 3. The first kappa shape index (κ1) is 19.1. The summed E-state index contributed by atoms with van der Waals surface area (Å²) in [5.74, 6) is 1.92. The molecular formula is C19H30N4O2. The van der Waals surface area contributed by atoms with Gasteiger partial charge in [-0.15, -0.1) is 0 Å². The first-order valence-electron chi connectivity index (χ1n) is 9.04. The van der Waals surface area contributed by atoms with Crippen LogP contribution >= 0.6 is 0 Å². The third-order valence-electron chi connectivity index (χ3n) is 4.61. The minimum absolute atomic E-state index is 0.299. The number of aliphatic imine (C=N–C) groups is 1. The Bertz CT molecular complexity index is 589. The van der Waals surface area contributed by atoms with E-state index in [1.165, 1.54) is 0 Å². The van der Waals surface area contributed by atoms with Crippen LogP contribution in [-0.4, -0.2) is 50.1 Å². The third kappa shape index (κ3) is 5.66. The number of nitrogens with zero attached hydrogens (tertiary/aromatic N) is 2. The molecule has 1 aromatic rings. The molecule has 1 heterocycles. The number of benzene rings is 1. The average molecular weight is 346 g/mol. The van der Waals surface area contributed by atoms with Gasteiger partial charge in [-0.2, -0.15) is 0 Å². The SMILES string of the molecule is CCC(CCNC(=NC)NCc1cccc(OC)c1)N1CCCC1=O. The minimum Gasteiger partial charge on any atom is -0.497 e. The van der Waals surface area contributed by atoms with Crippen molar-refractivity contribution in [1.82, 2.24) is 15.5 Å². The molecule has 1 aliphatic heterocycles. The van der Waals surface area contributed by atoms with Gasteiger partial charge < -0.3 is 20.3 Å². The van der Waals surface area contributed by atoms with Crippen LogP contribution in [0.25, 0.3) is 0 Å². The summed E-state index contributed by atoms with van der Waals surface area (Å²) < 4.78 is 5.24. The number of methoxy groups -OCH3 is 1. The predicted molar refractivity (Wildman–Crippen MR) is 101 cm³/mol. The van der Waals surface area contributed by atoms with Gasteiger partial charge >= 0.3 is 0 Å². The predicted octanol–water partition coefficient (Wildman–Crippen LogP) is 2.15. The Morgan fingerprint density at radius 2 is 2.24 bits per heavy atom. The van der Waals surface area contributed by atoms with Crippen molar-refractivity contribution in [3.05, 3.63) is 29.8 Å². The zero-order valence-electron chi connectivity index (χ0n) is 15.5. The molecule has 0 saturated carbocycles. The largest absolute Gasteiger partial charge is 0.497 e. The normalized spacial score (nSPS) is 16.0. The lowest BCUT2D eigenvalue weighted by molar-refractivity contribution is -0.129. The number of rotatable bonds is 8. The third-order valence-corrected chi connectivity index (χ3v) is 4.61. The van der Waals surface area contributed by atoms with Crippen molar-refractivity contribution < 1.29 is 9.53 Å². The lowest BCUT2D eigenvalue weighted by Gasteiger charge is -2.27. The highest BCUT2D eigenvalue weighted by Gasteiger charge is 2.26. The molecule has 2 rings (SSSR count). The fraction of sp³-hybridized carbons (Fsp3) is 0.579. The lowest BCUT2D eigenvalue weighted by Crippen LogP contribution is -2.41. The molecule has 1 saturated heterocycles. The minimum atomic E-state index is 0.299. The zero-order chi connectivity index (χ0) is 18.1. The molecule has 1 atom stereocenters. The Kier molecular flexibility index (Phi) is 7.57. The molecule has 0 spiro atoms. The van der Waals surface area contributed by atoms with Crippen LogP contribution in [0.5, 0.6) is 5.75 Å². The monoisotopic (exact) mass is 346 g/mol. The second-order valence-electron chi connectivity index (χ2n) is 6.25. The van der Waals surface area contributed by atoms with Crippen LogP contribution in [0.4, 0.5) is 0 Å². The molecule has 6 heteroatoms. The highest BCUT2D eigenvalue weighted by atomic mass is 16.5. The van der Waals surface area contributed by atoms with Gasteiger partial charge in [0.05, 0.1) is 7.11 Å². The Balaban J connectivity index is 1.76. The van der Waals surface area contributed by atoms with Crippen LogP contribution in [0.1, 0.15) is 38.2 Å². The molecule has 25 heavy (non-hydrogen) atoms. The molecular weight excluding hydrogens is 316 g/mol. The molecule has 1 unspecified atom stereocenters. The standard InChI is InChI=1S/C19H30N4O2/c1-4-16(23-12-6-9-18(23)24)10-11-21-19(20-2)22-14-15-7-5-8-17(13-15)25-3/h5,7-8,13,16H,4,6,9-12,14H2,1-3H3,(H2,20,21,22). The van der Waals surface area contributed by atoms with Gasteiger partial charge in [0.2, 0.25) is 5.91 Å². The summed E-state index contributed by atoms with van der Waals surface area (Å²) in [5, 5.41) is 6.65. The number of carbonyl (C=O) groups excluding carboxylic acids is 1. The fourth-order valence-electron chi connectivity index (χ4n) is 3.18. The number of amides is 1. The lowest BCUT2D eigenvalue weighted by atomic mass is 10.1. The molecule has 2 N–H and O–H groups in total. The van der Waals surface area contributed by atoms with Crippen molar-refractivity contribution in [2.24, 2.45) is 4.99 Å². The van der Waals surface area contributed by atoms with Gasteiger partial charge in [-0.05, 0) is 37.0 Å². The second kappa shape index (κ2) is 9.91. The number of hydrogen-bond donors (Lipinski definition) is 2. The summed E-state index contributed by atoms with van der Waals surface area (Å²) in [7, 11) is 3.44. The van der Waals surface area contributed by atoms with E-state index in [0.717, 1.165) is 49.6 Å². The van der Waals surface area contributed by atoms with Crippen molar-refractivity contribution in [3.63, 3.8) is 0 Å². The highest BCUT2D eigenvalue weighted by molar-refractivity contribution is 5.79. The number of nitrogens with one attached hydrogen (secondary N) is 2. The summed E-state index contributed by atoms with van der Waals surface area (Å²) in [6.45, 7) is 4.52. The van der Waals surface area contributed by atoms with E-state index in [0.29, 0.717) is 24.9 Å². The van der Waals surface area contributed by atoms with Gasteiger partial charge in [-0.3, -0.25) is 9.79 Å². The van der Waals surface area contributed by atoms with Crippen LogP contribution in [0.15, 0.2) is 29.3 Å². The van der Waals surface area contributed by atoms with Crippen LogP contribution in [-0.2, 0) is 11.3 Å². The second-order valence-corrected chi connectivity index (χ2v) is 6.25. The van der Waals surface area contributed by atoms with Crippen LogP contribution < -0.4 is 15.4 Å². The Labute approximate surface area is 150 Å². The molecule has 1 fully saturated rings. The van der Waals surface area contributed by atoms with Crippen LogP contribution in [0.3, 0.4) is 0 Å². The summed E-state index contributed by atoms with van der Waals surface area (Å²) in [4.78, 5) is 18.2. The summed E-state index contributed by atoms with van der Waals surface area (Å²) in [5.41, 5.74) is 1.14. The van der Waals surface area contributed by atoms with Crippen molar-refractivity contribution in [2.45, 2.75) is 45.2 Å². The number of carbonyl (C=O) groups is 1. The van der Waals surface area contributed by atoms with Gasteiger partial charge in [0, 0.05) is 39.1 Å². The Morgan fingerprint density at radius 1 is 1.40 bits per heavy atom. The first-order chi connectivity index (χ1) is 12.2. The number of likely N-dealkylation sites (tertiary alicyclic amines) is 1. The maximum Gasteiger partial charge on any atom is 0.222 e. The van der Waals surface area contributed by atoms with E-state index in [1.807, 2.05) is 23.1 Å². The quantitative estimate of drug-likeness (QED) is 0.559. The van der Waals surface area contributed by atoms with E-state index in [-0.39, 0.29) is 0 Å². The van der Waals surface area contributed by atoms with E-state index in [1.54, 1.807) is 14.2 Å². The summed E-state index contributed by atoms with van der Waals surface area (Å²) in [6.07, 6.45) is 3.62. The van der Waals surface area contributed by atoms with Gasteiger partial charge in [-0.25, -0.2) is 0 Å². The maximum atomic E-state index is 11.9. The van der Waals surface area contributed by atoms with Crippen molar-refractivity contribution >= 4 is 11.9 Å². The number of ether oxygens (including phenoxy) is 1. The molecule has 0 aromatic heterocycles. The summed E-state index contributed by atoms with van der Waals surface area (Å²) >= 11 is 0. The molecule has 6 nitrogen and oxygen atoms in total. The van der Waals surface area contributed by atoms with Crippen LogP contribution in [0.2, 0.25) is 0 Å². The topological polar surface area (TPSA) is 66.0 Å². The fourth-order valence-corrected chi connectivity index (χ4v) is 3.18. The molecule has 1 amide bonds. The average Bonchev–Trinajstić information content (AvgIpc) is 3.07. The Hall–Kier alpha value is -2.24. The maximum absolute atomic E-state index is 11.9. The van der Waals surface area contributed by atoms with E-state index in [9.17, 15) is 4.79 Å². The molecule has 1 aliphatic rings. The molecule has 0 aliphatic carbocycles. The highest BCUT2D eigenvalue weighted by Crippen LogP contribution is 2.17. The van der Waals surface area contributed by atoms with Crippen molar-refractivity contribution in [2.75, 3.05) is 27.2 Å². The van der Waals surface area contributed by atoms with E-state index >= 15 is 0 Å². The van der Waals surface area contributed by atoms with Gasteiger partial charge in [0.25, 0.3) is 0 Å². The molecule has 138 valence electrons. The smallest absolute Gasteiger partial charge is 0.222 e. The first-order valence-corrected chi connectivity index (χ1v) is 9.04. The summed E-state index contributed by atoms with van der Waals surface area (Å²) in [6, 6.07) is 8.28. The van der Waals surface area contributed by atoms with E-state index in [2.05, 4.69) is 28.6 Å². The Morgan fingerprint density at radius 3 is 2.88 bits per heavy atom. The van der Waals surface area contributed by atoms with Crippen molar-refractivity contribution in [3.8, 4) is 5.75 Å². The van der Waals surface area contributed by atoms with E-state index in [4.69, 9.17) is 4.74 Å². The molecule has 1 aromatic carbocycles. The van der Waals surface area contributed by atoms with Crippen molar-refractivity contribution in [1.29, 1.82) is 0 Å². The number of guanidine groups is 1. The van der Waals surface area contributed by atoms with Gasteiger partial charge in [0.15, 0.2) is 5.96 Å².